The second-order valence-corrected chi connectivity index (χ2v) is 27.9. The van der Waals surface area contributed by atoms with Gasteiger partial charge in [-0.15, -0.1) is 0 Å². The molecule has 16 heteroatoms. The number of cyclic esters (lactones) is 1. The molecule has 1 unspecified atom stereocenters. The van der Waals surface area contributed by atoms with Gasteiger partial charge in [-0.05, 0) is 119 Å². The van der Waals surface area contributed by atoms with Crippen molar-refractivity contribution in [2.75, 3.05) is 20.8 Å². The molecule has 0 aromatic carbocycles. The molecule has 1 amide bonds. The van der Waals surface area contributed by atoms with Crippen LogP contribution >= 0.6 is 0 Å². The van der Waals surface area contributed by atoms with Gasteiger partial charge in [0.15, 0.2) is 14.1 Å². The van der Waals surface area contributed by atoms with E-state index in [-0.39, 0.29) is 54.0 Å². The van der Waals surface area contributed by atoms with Gasteiger partial charge in [0.25, 0.3) is 11.7 Å². The van der Waals surface area contributed by atoms with Gasteiger partial charge in [0.2, 0.25) is 5.79 Å². The highest BCUT2D eigenvalue weighted by Crippen LogP contribution is 2.42. The monoisotopic (exact) mass is 1020 g/mol. The van der Waals surface area contributed by atoms with Crippen molar-refractivity contribution in [3.8, 4) is 0 Å². The Labute approximate surface area is 426 Å². The van der Waals surface area contributed by atoms with Gasteiger partial charge in [-0.1, -0.05) is 84.9 Å². The fraction of sp³-hybridized carbons (Fsp3) is 0.782. The van der Waals surface area contributed by atoms with Crippen molar-refractivity contribution >= 4 is 31.8 Å². The number of allylic oxidation sites excluding steroid dienone is 5. The topological polar surface area (TPSA) is 225 Å². The minimum Gasteiger partial charge on any atom is -0.459 e. The van der Waals surface area contributed by atoms with Crippen LogP contribution in [0.25, 0.3) is 0 Å². The van der Waals surface area contributed by atoms with Crippen LogP contribution in [0.15, 0.2) is 47.6 Å². The van der Waals surface area contributed by atoms with Gasteiger partial charge < -0.3 is 54.4 Å². The SMILES string of the molecule is CO[C@H]1C[C@@H]2CC[C@@H](C)[C@@](O)(O2)C(=O)C(=O)N2CCCC[C@H]2C(=O)O[C@H]([C@H](N)C[C@@H]2CCC(O[Si](C)(C)C(C)(C)C)[C@H](OC)C2)C[C@@H](O)[C@H](C)/C=C(\C)[C@@H](O)[C@@H](O)C(=O)[C@H](C)C[C@H](C)/C=C/C=CC=C1C. The second kappa shape index (κ2) is 26.5. The summed E-state index contributed by atoms with van der Waals surface area (Å²) in [6.07, 6.45) is 9.75. The summed E-state index contributed by atoms with van der Waals surface area (Å²) in [5, 5.41) is 46.2. The first kappa shape index (κ1) is 60.6. The predicted octanol–water partition coefficient (Wildman–Crippen LogP) is 7.04. The Bertz CT molecular complexity index is 1910. The zero-order valence-electron chi connectivity index (χ0n) is 45.3. The first-order chi connectivity index (χ1) is 33.1. The minimum atomic E-state index is -2.44. The molecular weight excluding hydrogens is 925 g/mol. The molecule has 71 heavy (non-hydrogen) atoms. The molecule has 2 saturated heterocycles. The van der Waals surface area contributed by atoms with Crippen molar-refractivity contribution in [3.63, 3.8) is 0 Å². The Hall–Kier alpha value is -2.90. The number of piperidine rings is 1. The number of esters is 1. The van der Waals surface area contributed by atoms with Crippen molar-refractivity contribution in [2.24, 2.45) is 35.3 Å². The molecule has 16 atom stereocenters. The molecule has 3 aliphatic heterocycles. The summed E-state index contributed by atoms with van der Waals surface area (Å²) >= 11 is 0. The van der Waals surface area contributed by atoms with Gasteiger partial charge in [0.1, 0.15) is 24.4 Å². The lowest BCUT2D eigenvalue weighted by Gasteiger charge is -2.44. The third-order valence-corrected chi connectivity index (χ3v) is 20.9. The summed E-state index contributed by atoms with van der Waals surface area (Å²) in [7, 11) is 1.15. The van der Waals surface area contributed by atoms with E-state index in [0.717, 1.165) is 18.4 Å². The average molecular weight is 1020 g/mol. The Morgan fingerprint density at radius 1 is 0.845 bits per heavy atom. The largest absolute Gasteiger partial charge is 0.459 e. The van der Waals surface area contributed by atoms with Crippen LogP contribution in [0.5, 0.6) is 0 Å². The van der Waals surface area contributed by atoms with Crippen LogP contribution < -0.4 is 5.73 Å². The highest BCUT2D eigenvalue weighted by atomic mass is 28.4. The third-order valence-electron chi connectivity index (χ3n) is 16.4. The molecule has 1 aliphatic carbocycles. The molecule has 15 nitrogen and oxygen atoms in total. The number of fused-ring (bicyclic) bond motifs is 3. The molecule has 0 aromatic rings. The molecule has 404 valence electrons. The first-order valence-electron chi connectivity index (χ1n) is 26.4. The van der Waals surface area contributed by atoms with Gasteiger partial charge in [0, 0.05) is 57.4 Å². The predicted molar refractivity (Wildman–Crippen MR) is 276 cm³/mol. The summed E-state index contributed by atoms with van der Waals surface area (Å²) in [5.74, 6) is -7.80. The number of carbonyl (C=O) groups is 4. The standard InChI is InChI=1S/C55H92N2O13Si/c1-33-19-15-14-16-20-34(2)45(66-10)31-40-24-22-38(6)55(65,69-40)51(62)52(63)57-26-18-17-21-42(57)53(64)68-46(32-43(58)35(3)28-37(5)49(60)50(61)48(59)36(4)27-33)41(56)29-39-23-25-44(47(30-39)67-11)70-71(12,13)54(7,8)9/h14-16,19-20,28,33,35-36,38-47,49-50,58,60-61,65H,17-18,21-27,29-32,56H2,1-13H3/b16-14?,19-15+,34-20?,37-28+/t33-,35-,36-,38-,39+,40+,41-,42+,43-,44?,45+,46+,47-,49-,50+,55-/m1/s1. The number of hydrogen-bond donors (Lipinski definition) is 5. The van der Waals surface area contributed by atoms with Crippen LogP contribution in [0.4, 0.5) is 0 Å². The fourth-order valence-corrected chi connectivity index (χ4v) is 11.9. The van der Waals surface area contributed by atoms with E-state index in [1.54, 1.807) is 48.0 Å². The maximum absolute atomic E-state index is 14.5. The number of Topliss-reactive ketones (excluding diaryl/α,β-unsaturated/α-hetero) is 2. The average Bonchev–Trinajstić information content (AvgIpc) is 3.32. The number of rotatable bonds is 7. The number of hydrogen-bond acceptors (Lipinski definition) is 14. The van der Waals surface area contributed by atoms with Crippen LogP contribution in [-0.2, 0) is 42.6 Å². The van der Waals surface area contributed by atoms with E-state index in [1.165, 1.54) is 4.90 Å². The quantitative estimate of drug-likeness (QED) is 0.0747. The van der Waals surface area contributed by atoms with Crippen LogP contribution in [0.2, 0.25) is 18.1 Å². The Balaban J connectivity index is 1.68. The Morgan fingerprint density at radius 3 is 2.18 bits per heavy atom. The summed E-state index contributed by atoms with van der Waals surface area (Å²) in [6, 6.07) is -1.94. The number of amides is 1. The zero-order valence-corrected chi connectivity index (χ0v) is 46.3. The van der Waals surface area contributed by atoms with Crippen molar-refractivity contribution in [1.82, 2.24) is 4.90 Å². The van der Waals surface area contributed by atoms with E-state index >= 15 is 0 Å². The van der Waals surface area contributed by atoms with Gasteiger partial charge in [-0.3, -0.25) is 14.4 Å². The van der Waals surface area contributed by atoms with E-state index in [1.807, 2.05) is 44.2 Å². The second-order valence-electron chi connectivity index (χ2n) is 23.1. The number of nitrogens with two attached hydrogens (primary N) is 1. The molecule has 1 saturated carbocycles. The number of nitrogens with zero attached hydrogens (tertiary/aromatic N) is 1. The maximum atomic E-state index is 14.5. The fourth-order valence-electron chi connectivity index (χ4n) is 10.5. The van der Waals surface area contributed by atoms with E-state index in [0.29, 0.717) is 51.4 Å². The number of ether oxygens (including phenoxy) is 4. The maximum Gasteiger partial charge on any atom is 0.329 e. The van der Waals surface area contributed by atoms with Gasteiger partial charge in [0.05, 0.1) is 30.5 Å². The third kappa shape index (κ3) is 16.1. The van der Waals surface area contributed by atoms with Crippen molar-refractivity contribution < 1.29 is 63.0 Å². The lowest BCUT2D eigenvalue weighted by molar-refractivity contribution is -0.265. The molecule has 4 aliphatic rings. The molecule has 6 N–H and O–H groups in total. The van der Waals surface area contributed by atoms with Gasteiger partial charge in [-0.25, -0.2) is 4.79 Å². The summed E-state index contributed by atoms with van der Waals surface area (Å²) < 4.78 is 31.2. The van der Waals surface area contributed by atoms with E-state index < -0.39 is 104 Å². The number of ketones is 2. The molecule has 0 aromatic heterocycles. The summed E-state index contributed by atoms with van der Waals surface area (Å²) in [4.78, 5) is 57.8. The highest BCUT2D eigenvalue weighted by molar-refractivity contribution is 6.74. The van der Waals surface area contributed by atoms with E-state index in [9.17, 15) is 39.6 Å². The van der Waals surface area contributed by atoms with Crippen LogP contribution in [-0.4, -0.2) is 145 Å². The van der Waals surface area contributed by atoms with Crippen molar-refractivity contribution in [2.45, 2.75) is 224 Å². The Morgan fingerprint density at radius 2 is 1.54 bits per heavy atom. The van der Waals surface area contributed by atoms with Crippen LogP contribution in [0.3, 0.4) is 0 Å². The van der Waals surface area contributed by atoms with E-state index in [4.69, 9.17) is 29.1 Å². The van der Waals surface area contributed by atoms with Gasteiger partial charge >= 0.3 is 5.97 Å². The normalized spacial score (nSPS) is 38.4. The number of methoxy groups -OCH3 is 2. The summed E-state index contributed by atoms with van der Waals surface area (Å²) in [6.45, 7) is 21.7. The molecular formula is C55H92N2O13Si. The lowest BCUT2D eigenvalue weighted by atomic mass is 9.80. The molecule has 2 bridgehead atoms. The smallest absolute Gasteiger partial charge is 0.329 e. The molecule has 0 spiro atoms. The zero-order chi connectivity index (χ0) is 53.2. The number of aliphatic hydroxyl groups excluding tert-OH is 3. The van der Waals surface area contributed by atoms with Gasteiger partial charge in [-0.2, -0.15) is 0 Å². The molecule has 3 fully saturated rings. The number of carbonyl (C=O) groups excluding carboxylic acids is 4. The lowest BCUT2D eigenvalue weighted by Crippen LogP contribution is -2.61. The Kier molecular flexibility index (Phi) is 22.7. The van der Waals surface area contributed by atoms with Crippen molar-refractivity contribution in [3.05, 3.63) is 47.6 Å². The van der Waals surface area contributed by atoms with Crippen LogP contribution in [0, 0.1) is 29.6 Å². The summed E-state index contributed by atoms with van der Waals surface area (Å²) in [5.41, 5.74) is 8.19. The van der Waals surface area contributed by atoms with E-state index in [2.05, 4.69) is 33.9 Å². The minimum absolute atomic E-state index is 0.0157. The molecule has 0 radical (unpaired) electrons. The molecule has 3 heterocycles. The first-order valence-corrected chi connectivity index (χ1v) is 29.3. The number of aliphatic hydroxyl groups is 4. The molecule has 4 rings (SSSR count). The van der Waals surface area contributed by atoms with Crippen LogP contribution in [0.1, 0.15) is 139 Å². The van der Waals surface area contributed by atoms with Crippen molar-refractivity contribution in [1.29, 1.82) is 0 Å². The highest BCUT2D eigenvalue weighted by Gasteiger charge is 2.53.